The maximum Gasteiger partial charge on any atom is 0.311 e. The summed E-state index contributed by atoms with van der Waals surface area (Å²) in [6.45, 7) is 2.06. The zero-order valence-electron chi connectivity index (χ0n) is 18.8. The minimum absolute atomic E-state index is 0.0363. The number of anilines is 1. The van der Waals surface area contributed by atoms with Crippen molar-refractivity contribution in [1.82, 2.24) is 0 Å². The molecule has 0 atom stereocenters. The van der Waals surface area contributed by atoms with Crippen LogP contribution in [0, 0.1) is 0 Å². The molecule has 0 saturated heterocycles. The Bertz CT molecular complexity index is 1100. The van der Waals surface area contributed by atoms with E-state index < -0.39 is 0 Å². The fraction of sp³-hybridized carbons (Fsp3) is 0.192. The summed E-state index contributed by atoms with van der Waals surface area (Å²) in [6, 6.07) is 23.5. The summed E-state index contributed by atoms with van der Waals surface area (Å²) in [5.74, 6) is 6.87. The molecular weight excluding hydrogens is 434 g/mol. The highest BCUT2D eigenvalue weighted by molar-refractivity contribution is 7.80. The summed E-state index contributed by atoms with van der Waals surface area (Å²) >= 11 is 4.33. The predicted octanol–water partition coefficient (Wildman–Crippen LogP) is 4.70. The van der Waals surface area contributed by atoms with Crippen molar-refractivity contribution in [2.24, 2.45) is 11.6 Å². The van der Waals surface area contributed by atoms with E-state index in [0.29, 0.717) is 24.4 Å². The van der Waals surface area contributed by atoms with E-state index in [1.54, 1.807) is 14.0 Å². The zero-order valence-corrected chi connectivity index (χ0v) is 19.7. The third-order valence-electron chi connectivity index (χ3n) is 5.18. The van der Waals surface area contributed by atoms with Crippen molar-refractivity contribution in [2.75, 3.05) is 18.7 Å². The monoisotopic (exact) mass is 463 g/mol. The van der Waals surface area contributed by atoms with Gasteiger partial charge in [0.15, 0.2) is 0 Å². The van der Waals surface area contributed by atoms with Gasteiger partial charge in [-0.2, -0.15) is 0 Å². The number of allylic oxidation sites excluding steroid dienone is 1. The quantitative estimate of drug-likeness (QED) is 0.184. The van der Waals surface area contributed by atoms with Crippen LogP contribution < -0.4 is 21.3 Å². The van der Waals surface area contributed by atoms with Crippen molar-refractivity contribution in [3.8, 4) is 16.9 Å². The largest absolute Gasteiger partial charge is 0.497 e. The maximum absolute atomic E-state index is 12.0. The highest BCUT2D eigenvalue weighted by atomic mass is 32.1. The van der Waals surface area contributed by atoms with Crippen LogP contribution in [0.1, 0.15) is 18.9 Å². The molecule has 0 unspecified atom stereocenters. The molecule has 6 nitrogen and oxygen atoms in total. The van der Waals surface area contributed by atoms with Gasteiger partial charge in [0.25, 0.3) is 0 Å². The Morgan fingerprint density at radius 3 is 2.06 bits per heavy atom. The lowest BCUT2D eigenvalue weighted by molar-refractivity contribution is -0.142. The molecule has 0 aliphatic carbocycles. The number of nitrogens with zero attached hydrogens (tertiary/aromatic N) is 1. The Morgan fingerprint density at radius 1 is 0.939 bits per heavy atom. The number of esters is 1. The van der Waals surface area contributed by atoms with Gasteiger partial charge in [-0.1, -0.05) is 36.4 Å². The first-order valence-electron chi connectivity index (χ1n) is 10.6. The lowest BCUT2D eigenvalue weighted by atomic mass is 10.0. The molecule has 0 aliphatic heterocycles. The molecule has 3 aromatic rings. The van der Waals surface area contributed by atoms with E-state index in [-0.39, 0.29) is 12.4 Å². The van der Waals surface area contributed by atoms with Crippen molar-refractivity contribution in [3.63, 3.8) is 0 Å². The van der Waals surface area contributed by atoms with Gasteiger partial charge in [0, 0.05) is 17.0 Å². The van der Waals surface area contributed by atoms with E-state index in [9.17, 15) is 4.79 Å². The first kappa shape index (κ1) is 24.2. The minimum Gasteiger partial charge on any atom is -0.497 e. The number of rotatable bonds is 9. The number of methoxy groups -OCH3 is 1. The molecule has 0 aliphatic rings. The van der Waals surface area contributed by atoms with E-state index in [4.69, 9.17) is 21.1 Å². The van der Waals surface area contributed by atoms with Crippen LogP contribution in [0.25, 0.3) is 11.1 Å². The third-order valence-corrected chi connectivity index (χ3v) is 5.48. The van der Waals surface area contributed by atoms with E-state index in [0.717, 1.165) is 33.0 Å². The van der Waals surface area contributed by atoms with Gasteiger partial charge >= 0.3 is 5.97 Å². The Labute approximate surface area is 200 Å². The summed E-state index contributed by atoms with van der Waals surface area (Å²) in [7, 11) is 1.65. The third kappa shape index (κ3) is 6.54. The Morgan fingerprint density at radius 2 is 1.52 bits per heavy atom. The second kappa shape index (κ2) is 11.4. The molecule has 0 heterocycles. The summed E-state index contributed by atoms with van der Waals surface area (Å²) in [5.41, 5.74) is 11.3. The van der Waals surface area contributed by atoms with Gasteiger partial charge in [0.2, 0.25) is 0 Å². The smallest absolute Gasteiger partial charge is 0.311 e. The van der Waals surface area contributed by atoms with Gasteiger partial charge < -0.3 is 15.2 Å². The summed E-state index contributed by atoms with van der Waals surface area (Å²) in [4.78, 5) is 12.9. The van der Waals surface area contributed by atoms with Crippen LogP contribution in [-0.4, -0.2) is 19.7 Å². The van der Waals surface area contributed by atoms with E-state index in [1.807, 2.05) is 72.8 Å². The number of thiol groups is 1. The number of hydrogen-bond acceptors (Lipinski definition) is 7. The van der Waals surface area contributed by atoms with Gasteiger partial charge in [-0.3, -0.25) is 9.80 Å². The van der Waals surface area contributed by atoms with Crippen molar-refractivity contribution in [1.29, 1.82) is 0 Å². The summed E-state index contributed by atoms with van der Waals surface area (Å²) in [5, 5.41) is 1.51. The second-order valence-electron chi connectivity index (χ2n) is 7.44. The molecule has 4 N–H and O–H groups in total. The number of hydrogen-bond donors (Lipinski definition) is 3. The number of nitrogens with two attached hydrogens (primary N) is 2. The SMILES string of the molecule is CCOC(=O)C/C(N)=C(\Cc1ccc(-c2ccc(OC)cc2)cc1)N(N)c1ccc(S)cc1. The van der Waals surface area contributed by atoms with Crippen LogP contribution in [0.2, 0.25) is 0 Å². The van der Waals surface area contributed by atoms with Crippen molar-refractivity contribution < 1.29 is 14.3 Å². The molecule has 3 rings (SSSR count). The minimum atomic E-state index is -0.388. The van der Waals surface area contributed by atoms with Crippen LogP contribution in [-0.2, 0) is 16.0 Å². The highest BCUT2D eigenvalue weighted by Gasteiger charge is 2.16. The Kier molecular flexibility index (Phi) is 8.40. The standard InChI is InChI=1S/C26H29N3O3S/c1-3-32-26(30)17-24(27)25(29(28)21-10-14-23(33)15-11-21)16-18-4-6-19(7-5-18)20-8-12-22(31-2)13-9-20/h4-15,33H,3,16-17,27-28H2,1-2H3/b25-24-. The first-order valence-corrected chi connectivity index (χ1v) is 11.1. The molecule has 0 spiro atoms. The van der Waals surface area contributed by atoms with Crippen LogP contribution in [0.15, 0.2) is 89.1 Å². The fourth-order valence-corrected chi connectivity index (χ4v) is 3.53. The van der Waals surface area contributed by atoms with Crippen LogP contribution in [0.5, 0.6) is 5.75 Å². The van der Waals surface area contributed by atoms with Gasteiger partial charge in [0.1, 0.15) is 5.75 Å². The number of ether oxygens (including phenoxy) is 2. The molecule has 0 radical (unpaired) electrons. The van der Waals surface area contributed by atoms with Crippen molar-refractivity contribution >= 4 is 24.3 Å². The highest BCUT2D eigenvalue weighted by Crippen LogP contribution is 2.26. The normalized spacial score (nSPS) is 11.5. The lowest BCUT2D eigenvalue weighted by Crippen LogP contribution is -2.34. The van der Waals surface area contributed by atoms with Crippen LogP contribution >= 0.6 is 12.6 Å². The average Bonchev–Trinajstić information content (AvgIpc) is 2.83. The number of carbonyl (C=O) groups is 1. The molecule has 0 saturated carbocycles. The molecule has 0 aromatic heterocycles. The first-order chi connectivity index (χ1) is 15.9. The maximum atomic E-state index is 12.0. The van der Waals surface area contributed by atoms with Gasteiger partial charge in [0.05, 0.1) is 31.5 Å². The van der Waals surface area contributed by atoms with Crippen LogP contribution in [0.3, 0.4) is 0 Å². The molecule has 0 amide bonds. The van der Waals surface area contributed by atoms with Crippen molar-refractivity contribution in [2.45, 2.75) is 24.7 Å². The molecule has 172 valence electrons. The Balaban J connectivity index is 1.87. The van der Waals surface area contributed by atoms with Gasteiger partial charge in [-0.05, 0) is 60.0 Å². The molecule has 33 heavy (non-hydrogen) atoms. The van der Waals surface area contributed by atoms with Gasteiger partial charge in [-0.15, -0.1) is 12.6 Å². The van der Waals surface area contributed by atoms with E-state index in [2.05, 4.69) is 12.6 Å². The van der Waals surface area contributed by atoms with Gasteiger partial charge in [-0.25, -0.2) is 5.84 Å². The molecule has 0 bridgehead atoms. The predicted molar refractivity (Wildman–Crippen MR) is 135 cm³/mol. The molecular formula is C26H29N3O3S. The second-order valence-corrected chi connectivity index (χ2v) is 7.96. The number of carbonyl (C=O) groups excluding carboxylic acids is 1. The average molecular weight is 464 g/mol. The van der Waals surface area contributed by atoms with E-state index in [1.165, 1.54) is 5.01 Å². The Hall–Kier alpha value is -3.42. The van der Waals surface area contributed by atoms with E-state index >= 15 is 0 Å². The summed E-state index contributed by atoms with van der Waals surface area (Å²) in [6.07, 6.45) is 0.415. The van der Waals surface area contributed by atoms with Crippen molar-refractivity contribution in [3.05, 3.63) is 89.8 Å². The molecule has 7 heteroatoms. The number of hydrazine groups is 1. The fourth-order valence-electron chi connectivity index (χ4n) is 3.38. The lowest BCUT2D eigenvalue weighted by Gasteiger charge is -2.24. The van der Waals surface area contributed by atoms with Crippen LogP contribution in [0.4, 0.5) is 5.69 Å². The molecule has 3 aromatic carbocycles. The molecule has 0 fully saturated rings. The number of benzene rings is 3. The summed E-state index contributed by atoms with van der Waals surface area (Å²) < 4.78 is 10.3. The topological polar surface area (TPSA) is 90.8 Å². The zero-order chi connectivity index (χ0) is 23.8.